The van der Waals surface area contributed by atoms with Gasteiger partial charge in [0.1, 0.15) is 5.60 Å². The highest BCUT2D eigenvalue weighted by atomic mass is 16.6. The minimum absolute atomic E-state index is 0.303. The fourth-order valence-electron chi connectivity index (χ4n) is 2.66. The molecule has 18 heavy (non-hydrogen) atoms. The maximum atomic E-state index is 11.8. The maximum Gasteiger partial charge on any atom is 0.410 e. The Morgan fingerprint density at radius 1 is 1.39 bits per heavy atom. The second kappa shape index (κ2) is 4.12. The summed E-state index contributed by atoms with van der Waals surface area (Å²) in [6, 6.07) is 0. The lowest BCUT2D eigenvalue weighted by atomic mass is 9.72. The predicted octanol–water partition coefficient (Wildman–Crippen LogP) is 0.527. The molecule has 0 unspecified atom stereocenters. The zero-order valence-electron chi connectivity index (χ0n) is 11.0. The molecule has 0 aromatic carbocycles. The van der Waals surface area contributed by atoms with E-state index in [1.54, 1.807) is 4.90 Å². The monoisotopic (exact) mass is 256 g/mol. The van der Waals surface area contributed by atoms with Gasteiger partial charge in [-0.15, -0.1) is 0 Å². The molecule has 102 valence electrons. The lowest BCUT2D eigenvalue weighted by molar-refractivity contribution is -0.149. The summed E-state index contributed by atoms with van der Waals surface area (Å²) in [6.07, 6.45) is -0.357. The van der Waals surface area contributed by atoms with Gasteiger partial charge in [0.05, 0.1) is 5.92 Å². The van der Waals surface area contributed by atoms with Gasteiger partial charge in [0.2, 0.25) is 0 Å². The number of hydrogen-bond donors (Lipinski definition) is 2. The standard InChI is InChI=1S/C12H20N2O4/c1-11(2,3)18-10(17)14-6-12(7-14)5-13-4-8(12)9(15)16/h8,13H,4-7H2,1-3H3,(H,15,16)/t8-/m1/s1. The molecule has 1 amide bonds. The zero-order valence-corrected chi connectivity index (χ0v) is 11.0. The van der Waals surface area contributed by atoms with Crippen molar-refractivity contribution in [2.75, 3.05) is 26.2 Å². The van der Waals surface area contributed by atoms with E-state index in [0.717, 1.165) is 0 Å². The van der Waals surface area contributed by atoms with E-state index >= 15 is 0 Å². The van der Waals surface area contributed by atoms with Crippen LogP contribution in [0.4, 0.5) is 4.79 Å². The number of amides is 1. The van der Waals surface area contributed by atoms with Crippen LogP contribution in [0.5, 0.6) is 0 Å². The molecule has 6 heteroatoms. The lowest BCUT2D eigenvalue weighted by Gasteiger charge is -2.49. The van der Waals surface area contributed by atoms with Crippen molar-refractivity contribution in [2.24, 2.45) is 11.3 Å². The summed E-state index contributed by atoms with van der Waals surface area (Å²) in [4.78, 5) is 24.5. The molecular weight excluding hydrogens is 236 g/mol. The highest BCUT2D eigenvalue weighted by Gasteiger charge is 2.56. The Labute approximate surface area is 106 Å². The molecule has 0 radical (unpaired) electrons. The minimum Gasteiger partial charge on any atom is -0.481 e. The molecule has 1 atom stereocenters. The second-order valence-electron chi connectivity index (χ2n) is 6.22. The van der Waals surface area contributed by atoms with Crippen LogP contribution in [0, 0.1) is 11.3 Å². The summed E-state index contributed by atoms with van der Waals surface area (Å²) in [6.45, 7) is 7.52. The SMILES string of the molecule is CC(C)(C)OC(=O)N1CC2(CNC[C@@H]2C(=O)O)C1. The summed E-state index contributed by atoms with van der Waals surface area (Å²) in [7, 11) is 0. The van der Waals surface area contributed by atoms with Gasteiger partial charge in [-0.25, -0.2) is 4.79 Å². The van der Waals surface area contributed by atoms with E-state index in [1.807, 2.05) is 20.8 Å². The van der Waals surface area contributed by atoms with Gasteiger partial charge >= 0.3 is 12.1 Å². The van der Waals surface area contributed by atoms with Gasteiger partial charge in [-0.3, -0.25) is 4.79 Å². The fraction of sp³-hybridized carbons (Fsp3) is 0.833. The fourth-order valence-corrected chi connectivity index (χ4v) is 2.66. The molecule has 0 saturated carbocycles. The van der Waals surface area contributed by atoms with Crippen LogP contribution in [0.1, 0.15) is 20.8 Å². The lowest BCUT2D eigenvalue weighted by Crippen LogP contribution is -2.63. The van der Waals surface area contributed by atoms with Gasteiger partial charge in [0, 0.05) is 31.6 Å². The third-order valence-electron chi connectivity index (χ3n) is 3.53. The quantitative estimate of drug-likeness (QED) is 0.715. The number of carbonyl (C=O) groups excluding carboxylic acids is 1. The predicted molar refractivity (Wildman–Crippen MR) is 64.2 cm³/mol. The molecule has 2 saturated heterocycles. The number of ether oxygens (including phenoxy) is 1. The van der Waals surface area contributed by atoms with Crippen LogP contribution in [0.2, 0.25) is 0 Å². The second-order valence-corrected chi connectivity index (χ2v) is 6.22. The molecule has 2 aliphatic rings. The average molecular weight is 256 g/mol. The molecule has 2 N–H and O–H groups in total. The van der Waals surface area contributed by atoms with Crippen LogP contribution in [0.15, 0.2) is 0 Å². The number of likely N-dealkylation sites (tertiary alicyclic amines) is 1. The Balaban J connectivity index is 1.93. The van der Waals surface area contributed by atoms with Gasteiger partial charge in [-0.05, 0) is 20.8 Å². The van der Waals surface area contributed by atoms with Crippen molar-refractivity contribution in [3.05, 3.63) is 0 Å². The number of nitrogens with one attached hydrogen (secondary N) is 1. The van der Waals surface area contributed by atoms with Crippen LogP contribution >= 0.6 is 0 Å². The first-order valence-corrected chi connectivity index (χ1v) is 6.15. The van der Waals surface area contributed by atoms with Gasteiger partial charge in [0.15, 0.2) is 0 Å². The van der Waals surface area contributed by atoms with Crippen molar-refractivity contribution in [2.45, 2.75) is 26.4 Å². The number of rotatable bonds is 1. The van der Waals surface area contributed by atoms with Crippen molar-refractivity contribution >= 4 is 12.1 Å². The van der Waals surface area contributed by atoms with E-state index in [2.05, 4.69) is 5.32 Å². The molecule has 2 heterocycles. The number of carboxylic acid groups (broad SMARTS) is 1. The van der Waals surface area contributed by atoms with Gasteiger partial charge < -0.3 is 20.1 Å². The van der Waals surface area contributed by atoms with Crippen molar-refractivity contribution in [1.82, 2.24) is 10.2 Å². The van der Waals surface area contributed by atoms with Crippen LogP contribution < -0.4 is 5.32 Å². The highest BCUT2D eigenvalue weighted by Crippen LogP contribution is 2.41. The first-order valence-electron chi connectivity index (χ1n) is 6.15. The average Bonchev–Trinajstić information content (AvgIpc) is 2.55. The first kappa shape index (κ1) is 13.1. The number of aliphatic carboxylic acids is 1. The highest BCUT2D eigenvalue weighted by molar-refractivity contribution is 5.74. The Morgan fingerprint density at radius 3 is 2.50 bits per heavy atom. The molecule has 2 fully saturated rings. The van der Waals surface area contributed by atoms with E-state index in [4.69, 9.17) is 9.84 Å². The molecule has 0 aromatic heterocycles. The van der Waals surface area contributed by atoms with E-state index in [1.165, 1.54) is 0 Å². The molecule has 6 nitrogen and oxygen atoms in total. The smallest absolute Gasteiger partial charge is 0.410 e. The zero-order chi connectivity index (χ0) is 13.6. The summed E-state index contributed by atoms with van der Waals surface area (Å²) in [5.41, 5.74) is -0.817. The summed E-state index contributed by atoms with van der Waals surface area (Å²) >= 11 is 0. The van der Waals surface area contributed by atoms with Crippen LogP contribution in [-0.2, 0) is 9.53 Å². The Bertz CT molecular complexity index is 369. The summed E-state index contributed by atoms with van der Waals surface area (Å²) < 4.78 is 5.26. The molecule has 1 spiro atoms. The van der Waals surface area contributed by atoms with Crippen LogP contribution in [0.25, 0.3) is 0 Å². The number of nitrogens with zero attached hydrogens (tertiary/aromatic N) is 1. The Kier molecular flexibility index (Phi) is 3.01. The summed E-state index contributed by atoms with van der Waals surface area (Å²) in [5.74, 6) is -1.19. The minimum atomic E-state index is -0.788. The first-order chi connectivity index (χ1) is 8.23. The Morgan fingerprint density at radius 2 is 2.00 bits per heavy atom. The van der Waals surface area contributed by atoms with E-state index in [-0.39, 0.29) is 11.5 Å². The van der Waals surface area contributed by atoms with Crippen molar-refractivity contribution in [3.8, 4) is 0 Å². The molecule has 2 rings (SSSR count). The van der Waals surface area contributed by atoms with Crippen molar-refractivity contribution < 1.29 is 19.4 Å². The van der Waals surface area contributed by atoms with Gasteiger partial charge in [0.25, 0.3) is 0 Å². The van der Waals surface area contributed by atoms with E-state index in [9.17, 15) is 9.59 Å². The largest absolute Gasteiger partial charge is 0.481 e. The van der Waals surface area contributed by atoms with Crippen LogP contribution in [-0.4, -0.2) is 53.8 Å². The third-order valence-corrected chi connectivity index (χ3v) is 3.53. The molecular formula is C12H20N2O4. The van der Waals surface area contributed by atoms with E-state index < -0.39 is 17.5 Å². The molecule has 2 aliphatic heterocycles. The number of carboxylic acids is 1. The van der Waals surface area contributed by atoms with Crippen molar-refractivity contribution in [3.63, 3.8) is 0 Å². The van der Waals surface area contributed by atoms with Crippen molar-refractivity contribution in [1.29, 1.82) is 0 Å². The topological polar surface area (TPSA) is 78.9 Å². The molecule has 0 aliphatic carbocycles. The molecule has 0 bridgehead atoms. The van der Waals surface area contributed by atoms with Crippen LogP contribution in [0.3, 0.4) is 0 Å². The number of hydrogen-bond acceptors (Lipinski definition) is 4. The third kappa shape index (κ3) is 2.29. The Hall–Kier alpha value is -1.30. The molecule has 0 aromatic rings. The van der Waals surface area contributed by atoms with Gasteiger partial charge in [-0.2, -0.15) is 0 Å². The maximum absolute atomic E-state index is 11.8. The summed E-state index contributed by atoms with van der Waals surface area (Å²) in [5, 5.41) is 12.2. The van der Waals surface area contributed by atoms with Gasteiger partial charge in [-0.1, -0.05) is 0 Å². The normalized spacial score (nSPS) is 25.9. The number of carbonyl (C=O) groups is 2. The van der Waals surface area contributed by atoms with E-state index in [0.29, 0.717) is 26.2 Å².